The maximum atomic E-state index is 11.3. The second-order valence-electron chi connectivity index (χ2n) is 4.34. The summed E-state index contributed by atoms with van der Waals surface area (Å²) >= 11 is 0. The zero-order valence-corrected chi connectivity index (χ0v) is 12.2. The van der Waals surface area contributed by atoms with Gasteiger partial charge in [0.15, 0.2) is 0 Å². The van der Waals surface area contributed by atoms with Crippen molar-refractivity contribution < 1.29 is 12.8 Å². The molecule has 1 aromatic heterocycles. The van der Waals surface area contributed by atoms with Gasteiger partial charge in [-0.25, -0.2) is 8.42 Å². The number of rotatable bonds is 5. The number of aryl methyl sites for hydroxylation is 1. The van der Waals surface area contributed by atoms with Gasteiger partial charge in [0, 0.05) is 22.7 Å². The van der Waals surface area contributed by atoms with Gasteiger partial charge >= 0.3 is 0 Å². The highest BCUT2D eigenvalue weighted by Gasteiger charge is 2.12. The summed E-state index contributed by atoms with van der Waals surface area (Å²) in [6.45, 7) is 2.12. The number of hydrogen-bond donors (Lipinski definition) is 0. The molecule has 0 bridgehead atoms. The molecule has 3 nitrogen and oxygen atoms in total. The van der Waals surface area contributed by atoms with Gasteiger partial charge in [-0.05, 0) is 30.7 Å². The summed E-state index contributed by atoms with van der Waals surface area (Å²) in [5.74, 6) is 1.57. The Morgan fingerprint density at radius 1 is 1.21 bits per heavy atom. The van der Waals surface area contributed by atoms with Crippen LogP contribution in [0.3, 0.4) is 0 Å². The molecule has 19 heavy (non-hydrogen) atoms. The molecular formula is C14H15ClO3S. The minimum atomic E-state index is -3.71. The van der Waals surface area contributed by atoms with E-state index in [-0.39, 0.29) is 4.90 Å². The Morgan fingerprint density at radius 2 is 2.00 bits per heavy atom. The molecule has 0 aliphatic carbocycles. The molecule has 0 radical (unpaired) electrons. The fourth-order valence-corrected chi connectivity index (χ4v) is 2.62. The molecule has 0 atom stereocenters. The van der Waals surface area contributed by atoms with E-state index in [0.29, 0.717) is 11.3 Å². The Hall–Kier alpha value is -1.26. The summed E-state index contributed by atoms with van der Waals surface area (Å²) in [7, 11) is 1.62. The van der Waals surface area contributed by atoms with Crippen LogP contribution in [0.5, 0.6) is 0 Å². The zero-order chi connectivity index (χ0) is 13.9. The lowest BCUT2D eigenvalue weighted by molar-refractivity contribution is 0.512. The van der Waals surface area contributed by atoms with Gasteiger partial charge in [0.05, 0.1) is 4.90 Å². The quantitative estimate of drug-likeness (QED) is 0.777. The van der Waals surface area contributed by atoms with Crippen molar-refractivity contribution in [3.63, 3.8) is 0 Å². The molecule has 0 N–H and O–H groups in total. The van der Waals surface area contributed by atoms with E-state index in [1.54, 1.807) is 12.1 Å². The summed E-state index contributed by atoms with van der Waals surface area (Å²) in [4.78, 5) is 0.0816. The van der Waals surface area contributed by atoms with Gasteiger partial charge in [0.2, 0.25) is 0 Å². The van der Waals surface area contributed by atoms with Crippen LogP contribution in [0, 0.1) is 0 Å². The second kappa shape index (κ2) is 5.80. The summed E-state index contributed by atoms with van der Waals surface area (Å²) < 4.78 is 28.3. The standard InChI is InChI=1S/C14H15ClO3S/c1-2-3-6-12-8-9-14(18-12)11-5-4-7-13(10-11)19(15,16)17/h4-5,7-10H,2-3,6H2,1H3. The van der Waals surface area contributed by atoms with Crippen molar-refractivity contribution in [3.8, 4) is 11.3 Å². The maximum absolute atomic E-state index is 11.3. The van der Waals surface area contributed by atoms with Crippen molar-refractivity contribution in [2.24, 2.45) is 0 Å². The van der Waals surface area contributed by atoms with Crippen molar-refractivity contribution in [1.82, 2.24) is 0 Å². The number of unbranched alkanes of at least 4 members (excludes halogenated alkanes) is 1. The predicted molar refractivity (Wildman–Crippen MR) is 75.8 cm³/mol. The first-order valence-corrected chi connectivity index (χ1v) is 8.45. The van der Waals surface area contributed by atoms with Gasteiger partial charge in [-0.2, -0.15) is 0 Å². The number of hydrogen-bond acceptors (Lipinski definition) is 3. The fraction of sp³-hybridized carbons (Fsp3) is 0.286. The Balaban J connectivity index is 2.29. The fourth-order valence-electron chi connectivity index (χ4n) is 1.82. The van der Waals surface area contributed by atoms with Crippen molar-refractivity contribution in [2.75, 3.05) is 0 Å². The molecular weight excluding hydrogens is 284 g/mol. The van der Waals surface area contributed by atoms with Crippen molar-refractivity contribution in [2.45, 2.75) is 31.1 Å². The molecule has 102 valence electrons. The largest absolute Gasteiger partial charge is 0.461 e. The maximum Gasteiger partial charge on any atom is 0.261 e. The third-order valence-corrected chi connectivity index (χ3v) is 4.19. The molecule has 0 aliphatic rings. The van der Waals surface area contributed by atoms with E-state index in [4.69, 9.17) is 15.1 Å². The normalized spacial score (nSPS) is 11.7. The van der Waals surface area contributed by atoms with Crippen molar-refractivity contribution in [3.05, 3.63) is 42.2 Å². The summed E-state index contributed by atoms with van der Waals surface area (Å²) in [6.07, 6.45) is 3.07. The highest BCUT2D eigenvalue weighted by atomic mass is 35.7. The third-order valence-electron chi connectivity index (χ3n) is 2.84. The Labute approximate surface area is 117 Å². The van der Waals surface area contributed by atoms with Crippen LogP contribution in [0.1, 0.15) is 25.5 Å². The van der Waals surface area contributed by atoms with Gasteiger partial charge < -0.3 is 4.42 Å². The van der Waals surface area contributed by atoms with Crippen LogP contribution < -0.4 is 0 Å². The van der Waals surface area contributed by atoms with E-state index in [2.05, 4.69) is 6.92 Å². The predicted octanol–water partition coefficient (Wildman–Crippen LogP) is 4.22. The van der Waals surface area contributed by atoms with Crippen LogP contribution in [0.2, 0.25) is 0 Å². The highest BCUT2D eigenvalue weighted by Crippen LogP contribution is 2.26. The molecule has 0 aliphatic heterocycles. The molecule has 1 aromatic carbocycles. The van der Waals surface area contributed by atoms with Crippen LogP contribution in [0.15, 0.2) is 45.7 Å². The smallest absolute Gasteiger partial charge is 0.261 e. The number of furan rings is 1. The van der Waals surface area contributed by atoms with Crippen LogP contribution in [0.4, 0.5) is 0 Å². The van der Waals surface area contributed by atoms with E-state index >= 15 is 0 Å². The molecule has 2 aromatic rings. The van der Waals surface area contributed by atoms with E-state index in [9.17, 15) is 8.42 Å². The minimum absolute atomic E-state index is 0.0816. The molecule has 1 heterocycles. The topological polar surface area (TPSA) is 47.3 Å². The lowest BCUT2D eigenvalue weighted by atomic mass is 10.2. The average molecular weight is 299 g/mol. The summed E-state index contributed by atoms with van der Waals surface area (Å²) in [5.41, 5.74) is 0.712. The van der Waals surface area contributed by atoms with Gasteiger partial charge in [-0.1, -0.05) is 25.5 Å². The lowest BCUT2D eigenvalue weighted by Crippen LogP contribution is -1.90. The number of benzene rings is 1. The van der Waals surface area contributed by atoms with E-state index in [1.807, 2.05) is 12.1 Å². The Morgan fingerprint density at radius 3 is 2.68 bits per heavy atom. The monoisotopic (exact) mass is 298 g/mol. The van der Waals surface area contributed by atoms with Gasteiger partial charge in [0.25, 0.3) is 9.05 Å². The highest BCUT2D eigenvalue weighted by molar-refractivity contribution is 8.13. The van der Waals surface area contributed by atoms with Gasteiger partial charge in [-0.3, -0.25) is 0 Å². The molecule has 0 saturated heterocycles. The first kappa shape index (κ1) is 14.2. The molecule has 2 rings (SSSR count). The van der Waals surface area contributed by atoms with Gasteiger partial charge in [-0.15, -0.1) is 0 Å². The molecule has 0 fully saturated rings. The van der Waals surface area contributed by atoms with Crippen LogP contribution in [0.25, 0.3) is 11.3 Å². The van der Waals surface area contributed by atoms with Gasteiger partial charge in [0.1, 0.15) is 11.5 Å². The van der Waals surface area contributed by atoms with Crippen molar-refractivity contribution in [1.29, 1.82) is 0 Å². The average Bonchev–Trinajstić information content (AvgIpc) is 2.84. The molecule has 0 saturated carbocycles. The molecule has 5 heteroatoms. The van der Waals surface area contributed by atoms with E-state index in [1.165, 1.54) is 12.1 Å². The van der Waals surface area contributed by atoms with Crippen LogP contribution >= 0.6 is 10.7 Å². The van der Waals surface area contributed by atoms with Crippen LogP contribution in [-0.2, 0) is 15.5 Å². The summed E-state index contributed by atoms with van der Waals surface area (Å²) in [5, 5.41) is 0. The molecule has 0 spiro atoms. The number of halogens is 1. The first-order valence-electron chi connectivity index (χ1n) is 6.14. The van der Waals surface area contributed by atoms with E-state index in [0.717, 1.165) is 25.0 Å². The molecule has 0 amide bonds. The second-order valence-corrected chi connectivity index (χ2v) is 6.90. The molecule has 0 unspecified atom stereocenters. The Bertz CT molecular complexity index is 659. The zero-order valence-electron chi connectivity index (χ0n) is 10.6. The minimum Gasteiger partial charge on any atom is -0.461 e. The summed E-state index contributed by atoms with van der Waals surface area (Å²) in [6, 6.07) is 10.2. The van der Waals surface area contributed by atoms with Crippen LogP contribution in [-0.4, -0.2) is 8.42 Å². The lowest BCUT2D eigenvalue weighted by Gasteiger charge is -2.00. The van der Waals surface area contributed by atoms with E-state index < -0.39 is 9.05 Å². The first-order chi connectivity index (χ1) is 9.00. The Kier molecular flexibility index (Phi) is 4.32. The SMILES string of the molecule is CCCCc1ccc(-c2cccc(S(=O)(=O)Cl)c2)o1. The third kappa shape index (κ3) is 3.61. The van der Waals surface area contributed by atoms with Crippen molar-refractivity contribution >= 4 is 19.7 Å².